The van der Waals surface area contributed by atoms with Gasteiger partial charge in [0.15, 0.2) is 5.78 Å². The van der Waals surface area contributed by atoms with Gasteiger partial charge in [-0.2, -0.15) is 0 Å². The minimum Gasteiger partial charge on any atom is -0.294 e. The molecule has 1 aliphatic carbocycles. The number of amides is 1. The van der Waals surface area contributed by atoms with Crippen molar-refractivity contribution in [3.63, 3.8) is 0 Å². The van der Waals surface area contributed by atoms with Gasteiger partial charge in [0.25, 0.3) is 5.69 Å². The lowest BCUT2D eigenvalue weighted by Crippen LogP contribution is -2.41. The van der Waals surface area contributed by atoms with E-state index in [9.17, 15) is 28.5 Å². The van der Waals surface area contributed by atoms with Gasteiger partial charge in [-0.3, -0.25) is 24.6 Å². The van der Waals surface area contributed by atoms with Crippen LogP contribution in [0.2, 0.25) is 0 Å². The van der Waals surface area contributed by atoms with Gasteiger partial charge in [0, 0.05) is 48.2 Å². The number of nitro benzene ring substituents is 1. The first-order valence-corrected chi connectivity index (χ1v) is 9.15. The number of benzene rings is 2. The zero-order valence-corrected chi connectivity index (χ0v) is 15.2. The van der Waals surface area contributed by atoms with E-state index in [0.717, 1.165) is 6.07 Å². The number of non-ortho nitro benzene ring substituents is 1. The highest BCUT2D eigenvalue weighted by Gasteiger charge is 2.40. The summed E-state index contributed by atoms with van der Waals surface area (Å²) in [7, 11) is 0. The molecule has 2 aliphatic rings. The van der Waals surface area contributed by atoms with Crippen LogP contribution >= 0.6 is 0 Å². The third kappa shape index (κ3) is 3.30. The summed E-state index contributed by atoms with van der Waals surface area (Å²) in [6, 6.07) is 8.71. The van der Waals surface area contributed by atoms with Gasteiger partial charge in [-0.05, 0) is 30.5 Å². The molecule has 1 aliphatic heterocycles. The lowest BCUT2D eigenvalue weighted by molar-refractivity contribution is -0.384. The fraction of sp³-hybridized carbons (Fsp3) is 0.238. The number of carbonyl (C=O) groups excluding carboxylic acids is 2. The molecule has 4 rings (SSSR count). The van der Waals surface area contributed by atoms with Crippen LogP contribution in [0.1, 0.15) is 37.2 Å². The molecule has 2 aromatic rings. The first kappa shape index (κ1) is 18.9. The average molecular weight is 398 g/mol. The Labute approximate surface area is 164 Å². The quantitative estimate of drug-likeness (QED) is 0.567. The minimum atomic E-state index is -0.878. The number of ketones is 1. The number of anilines is 1. The van der Waals surface area contributed by atoms with E-state index in [1.165, 1.54) is 35.2 Å². The van der Waals surface area contributed by atoms with Crippen LogP contribution in [-0.2, 0) is 9.59 Å². The second-order valence-electron chi connectivity index (χ2n) is 7.07. The first-order valence-electron chi connectivity index (χ1n) is 9.15. The topological polar surface area (TPSA) is 80.5 Å². The fourth-order valence-electron chi connectivity index (χ4n) is 4.05. The smallest absolute Gasteiger partial charge is 0.269 e. The largest absolute Gasteiger partial charge is 0.294 e. The van der Waals surface area contributed by atoms with E-state index in [1.54, 1.807) is 0 Å². The maximum absolute atomic E-state index is 14.4. The first-order chi connectivity index (χ1) is 13.9. The van der Waals surface area contributed by atoms with Crippen LogP contribution in [0, 0.1) is 21.7 Å². The van der Waals surface area contributed by atoms with Crippen LogP contribution in [0.25, 0.3) is 0 Å². The normalized spacial score (nSPS) is 19.4. The Morgan fingerprint density at radius 2 is 1.76 bits per heavy atom. The number of hydrogen-bond acceptors (Lipinski definition) is 4. The van der Waals surface area contributed by atoms with Gasteiger partial charge < -0.3 is 0 Å². The average Bonchev–Trinajstić information content (AvgIpc) is 2.68. The van der Waals surface area contributed by atoms with E-state index in [2.05, 4.69) is 0 Å². The van der Waals surface area contributed by atoms with E-state index in [1.807, 2.05) is 0 Å². The molecule has 2 aromatic carbocycles. The molecule has 6 nitrogen and oxygen atoms in total. The number of hydrogen-bond donors (Lipinski definition) is 0. The van der Waals surface area contributed by atoms with Crippen molar-refractivity contribution in [1.29, 1.82) is 0 Å². The second-order valence-corrected chi connectivity index (χ2v) is 7.07. The molecule has 0 N–H and O–H groups in total. The van der Waals surface area contributed by atoms with Crippen LogP contribution in [0.5, 0.6) is 0 Å². The molecule has 148 valence electrons. The van der Waals surface area contributed by atoms with Crippen molar-refractivity contribution >= 4 is 23.1 Å². The van der Waals surface area contributed by atoms with Crippen LogP contribution in [-0.4, -0.2) is 16.6 Å². The number of rotatable bonds is 3. The Bertz CT molecular complexity index is 1060. The summed E-state index contributed by atoms with van der Waals surface area (Å²) in [6.07, 6.45) is 1.17. The summed E-state index contributed by atoms with van der Waals surface area (Å²) in [5, 5.41) is 10.9. The van der Waals surface area contributed by atoms with Crippen LogP contribution in [0.4, 0.5) is 20.2 Å². The van der Waals surface area contributed by atoms with Gasteiger partial charge in [0.1, 0.15) is 11.6 Å². The number of nitrogens with zero attached hydrogens (tertiary/aromatic N) is 2. The van der Waals surface area contributed by atoms with Gasteiger partial charge in [0.05, 0.1) is 10.6 Å². The lowest BCUT2D eigenvalue weighted by Gasteiger charge is -2.38. The van der Waals surface area contributed by atoms with Gasteiger partial charge >= 0.3 is 0 Å². The van der Waals surface area contributed by atoms with E-state index < -0.39 is 28.4 Å². The fourth-order valence-corrected chi connectivity index (χ4v) is 4.05. The molecule has 0 saturated carbocycles. The van der Waals surface area contributed by atoms with Crippen molar-refractivity contribution in [3.05, 3.63) is 81.0 Å². The van der Waals surface area contributed by atoms with Crippen molar-refractivity contribution in [3.8, 4) is 0 Å². The van der Waals surface area contributed by atoms with E-state index in [4.69, 9.17) is 0 Å². The lowest BCUT2D eigenvalue weighted by atomic mass is 9.77. The zero-order valence-electron chi connectivity index (χ0n) is 15.2. The third-order valence-electron chi connectivity index (χ3n) is 5.33. The van der Waals surface area contributed by atoms with Crippen LogP contribution in [0.3, 0.4) is 0 Å². The highest BCUT2D eigenvalue weighted by Crippen LogP contribution is 2.44. The predicted octanol–water partition coefficient (Wildman–Crippen LogP) is 4.40. The molecule has 0 spiro atoms. The van der Waals surface area contributed by atoms with Crippen LogP contribution in [0.15, 0.2) is 53.7 Å². The zero-order chi connectivity index (χ0) is 20.7. The highest BCUT2D eigenvalue weighted by molar-refractivity contribution is 6.07. The molecule has 8 heteroatoms. The third-order valence-corrected chi connectivity index (χ3v) is 5.33. The standard InChI is InChI=1S/C21H16F2N2O4/c22-13-6-9-17(16(23)10-13)24-18-2-1-3-19(26)21(18)15(11-20(24)27)12-4-7-14(8-5-12)25(28)29/h4-10,15H,1-3,11H2/t15-/m1/s1. The summed E-state index contributed by atoms with van der Waals surface area (Å²) in [5.74, 6) is -2.72. The van der Waals surface area contributed by atoms with Crippen molar-refractivity contribution < 1.29 is 23.3 Å². The Kier molecular flexibility index (Phi) is 4.70. The predicted molar refractivity (Wildman–Crippen MR) is 100 cm³/mol. The van der Waals surface area contributed by atoms with E-state index in [-0.39, 0.29) is 23.6 Å². The molecule has 0 bridgehead atoms. The molecule has 0 fully saturated rings. The number of carbonyl (C=O) groups is 2. The minimum absolute atomic E-state index is 0.0826. The van der Waals surface area contributed by atoms with Gasteiger partial charge in [-0.25, -0.2) is 8.78 Å². The molecule has 0 radical (unpaired) electrons. The van der Waals surface area contributed by atoms with Gasteiger partial charge in [-0.15, -0.1) is 0 Å². The Morgan fingerprint density at radius 1 is 1.03 bits per heavy atom. The number of allylic oxidation sites excluding steroid dienone is 2. The summed E-state index contributed by atoms with van der Waals surface area (Å²) >= 11 is 0. The van der Waals surface area contributed by atoms with E-state index >= 15 is 0 Å². The molecule has 0 aromatic heterocycles. The second kappa shape index (κ2) is 7.20. The number of nitro groups is 1. The molecule has 0 saturated heterocycles. The summed E-state index contributed by atoms with van der Waals surface area (Å²) in [6.45, 7) is 0. The number of Topliss-reactive ketones (excluding diaryl/α,β-unsaturated/α-hetero) is 1. The monoisotopic (exact) mass is 398 g/mol. The Morgan fingerprint density at radius 3 is 2.41 bits per heavy atom. The maximum Gasteiger partial charge on any atom is 0.269 e. The van der Waals surface area contributed by atoms with Crippen LogP contribution < -0.4 is 4.90 Å². The molecule has 29 heavy (non-hydrogen) atoms. The number of halogens is 2. The van der Waals surface area contributed by atoms with E-state index in [0.29, 0.717) is 42.2 Å². The van der Waals surface area contributed by atoms with Crippen molar-refractivity contribution in [1.82, 2.24) is 0 Å². The van der Waals surface area contributed by atoms with Crippen molar-refractivity contribution in [2.75, 3.05) is 4.90 Å². The maximum atomic E-state index is 14.4. The van der Waals surface area contributed by atoms with Crippen molar-refractivity contribution in [2.45, 2.75) is 31.6 Å². The summed E-state index contributed by atoms with van der Waals surface area (Å²) in [4.78, 5) is 37.3. The van der Waals surface area contributed by atoms with Crippen molar-refractivity contribution in [2.24, 2.45) is 0 Å². The SMILES string of the molecule is O=C1CCCC2=C1[C@@H](c1ccc([N+](=O)[O-])cc1)CC(=O)N2c1ccc(F)cc1F. The molecule has 0 unspecified atom stereocenters. The van der Waals surface area contributed by atoms with Gasteiger partial charge in [0.2, 0.25) is 5.91 Å². The Balaban J connectivity index is 1.83. The summed E-state index contributed by atoms with van der Waals surface area (Å²) in [5.41, 5.74) is 1.29. The molecule has 1 heterocycles. The Hall–Kier alpha value is -3.42. The molecular formula is C21H16F2N2O4. The summed E-state index contributed by atoms with van der Waals surface area (Å²) < 4.78 is 27.7. The molecule has 1 atom stereocenters. The highest BCUT2D eigenvalue weighted by atomic mass is 19.1. The molecule has 1 amide bonds. The van der Waals surface area contributed by atoms with Gasteiger partial charge in [-0.1, -0.05) is 12.1 Å². The molecular weight excluding hydrogens is 382 g/mol.